The summed E-state index contributed by atoms with van der Waals surface area (Å²) in [6.07, 6.45) is 3.78. The fourth-order valence-corrected chi connectivity index (χ4v) is 3.16. The number of rotatable bonds is 6. The lowest BCUT2D eigenvalue weighted by atomic mass is 9.93. The fraction of sp³-hybridized carbons (Fsp3) is 0.333. The lowest BCUT2D eigenvalue weighted by Crippen LogP contribution is -2.28. The third kappa shape index (κ3) is 6.70. The lowest BCUT2D eigenvalue weighted by molar-refractivity contribution is -0.116. The van der Waals surface area contributed by atoms with Crippen LogP contribution in [-0.2, 0) is 4.79 Å². The molecule has 5 nitrogen and oxygen atoms in total. The molecule has 0 atom stereocenters. The third-order valence-electron chi connectivity index (χ3n) is 4.70. The summed E-state index contributed by atoms with van der Waals surface area (Å²) in [5, 5.41) is 9.09. The molecule has 1 aliphatic heterocycles. The minimum absolute atomic E-state index is 0. The van der Waals surface area contributed by atoms with Crippen LogP contribution in [0.4, 0.5) is 11.4 Å². The summed E-state index contributed by atoms with van der Waals surface area (Å²) in [4.78, 5) is 24.3. The molecule has 1 heterocycles. The van der Waals surface area contributed by atoms with Gasteiger partial charge >= 0.3 is 0 Å². The van der Waals surface area contributed by atoms with Gasteiger partial charge in [-0.15, -0.1) is 12.4 Å². The van der Waals surface area contributed by atoms with Gasteiger partial charge < -0.3 is 16.0 Å². The van der Waals surface area contributed by atoms with E-state index in [0.717, 1.165) is 43.7 Å². The van der Waals surface area contributed by atoms with E-state index in [1.54, 1.807) is 24.3 Å². The minimum Gasteiger partial charge on any atom is -0.326 e. The van der Waals surface area contributed by atoms with E-state index in [1.807, 2.05) is 30.3 Å². The molecule has 144 valence electrons. The van der Waals surface area contributed by atoms with Crippen molar-refractivity contribution in [2.75, 3.05) is 23.7 Å². The number of hydrogen-bond acceptors (Lipinski definition) is 3. The predicted octanol–water partition coefficient (Wildman–Crippen LogP) is 4.08. The first-order valence-corrected chi connectivity index (χ1v) is 9.18. The zero-order valence-electron chi connectivity index (χ0n) is 15.2. The van der Waals surface area contributed by atoms with E-state index in [9.17, 15) is 9.59 Å². The molecule has 1 fully saturated rings. The molecule has 2 aromatic rings. The van der Waals surface area contributed by atoms with Gasteiger partial charge in [-0.1, -0.05) is 18.2 Å². The van der Waals surface area contributed by atoms with Crippen molar-refractivity contribution in [3.05, 3.63) is 60.2 Å². The molecule has 2 amide bonds. The first kappa shape index (κ1) is 20.9. The van der Waals surface area contributed by atoms with E-state index >= 15 is 0 Å². The van der Waals surface area contributed by atoms with Crippen LogP contribution in [0.3, 0.4) is 0 Å². The summed E-state index contributed by atoms with van der Waals surface area (Å²) in [5.41, 5.74) is 2.03. The smallest absolute Gasteiger partial charge is 0.255 e. The van der Waals surface area contributed by atoms with Crippen LogP contribution < -0.4 is 16.0 Å². The van der Waals surface area contributed by atoms with E-state index in [4.69, 9.17) is 0 Å². The van der Waals surface area contributed by atoms with Crippen molar-refractivity contribution < 1.29 is 9.59 Å². The number of anilines is 2. The second-order valence-electron chi connectivity index (χ2n) is 6.68. The highest BCUT2D eigenvalue weighted by Gasteiger charge is 2.14. The number of amides is 2. The summed E-state index contributed by atoms with van der Waals surface area (Å²) in [6.45, 7) is 2.11. The maximum Gasteiger partial charge on any atom is 0.255 e. The van der Waals surface area contributed by atoms with Gasteiger partial charge in [-0.05, 0) is 74.7 Å². The van der Waals surface area contributed by atoms with Crippen LogP contribution in [0.1, 0.15) is 36.0 Å². The zero-order chi connectivity index (χ0) is 18.2. The Bertz CT molecular complexity index is 729. The summed E-state index contributed by atoms with van der Waals surface area (Å²) in [5.74, 6) is 0.510. The van der Waals surface area contributed by atoms with E-state index in [-0.39, 0.29) is 24.2 Å². The topological polar surface area (TPSA) is 70.2 Å². The second kappa shape index (κ2) is 10.7. The Kier molecular flexibility index (Phi) is 8.30. The van der Waals surface area contributed by atoms with Crippen molar-refractivity contribution in [2.24, 2.45) is 5.92 Å². The van der Waals surface area contributed by atoms with Gasteiger partial charge in [0, 0.05) is 23.4 Å². The van der Waals surface area contributed by atoms with Crippen LogP contribution in [0.2, 0.25) is 0 Å². The number of piperidine rings is 1. The summed E-state index contributed by atoms with van der Waals surface area (Å²) < 4.78 is 0. The second-order valence-corrected chi connectivity index (χ2v) is 6.68. The Morgan fingerprint density at radius 3 is 2.19 bits per heavy atom. The summed E-state index contributed by atoms with van der Waals surface area (Å²) in [6, 6.07) is 16.3. The summed E-state index contributed by atoms with van der Waals surface area (Å²) in [7, 11) is 0. The van der Waals surface area contributed by atoms with Crippen molar-refractivity contribution >= 4 is 35.6 Å². The van der Waals surface area contributed by atoms with Gasteiger partial charge in [0.1, 0.15) is 0 Å². The fourth-order valence-electron chi connectivity index (χ4n) is 3.16. The van der Waals surface area contributed by atoms with E-state index in [2.05, 4.69) is 16.0 Å². The molecule has 1 saturated heterocycles. The van der Waals surface area contributed by atoms with Crippen LogP contribution in [0.25, 0.3) is 0 Å². The van der Waals surface area contributed by atoms with Crippen LogP contribution >= 0.6 is 12.4 Å². The van der Waals surface area contributed by atoms with E-state index in [0.29, 0.717) is 17.9 Å². The highest BCUT2D eigenvalue weighted by atomic mass is 35.5. The highest BCUT2D eigenvalue weighted by Crippen LogP contribution is 2.18. The molecule has 2 aromatic carbocycles. The molecule has 0 bridgehead atoms. The molecule has 0 radical (unpaired) electrons. The number of hydrogen-bond donors (Lipinski definition) is 3. The van der Waals surface area contributed by atoms with E-state index < -0.39 is 0 Å². The molecule has 0 spiro atoms. The molecule has 0 saturated carbocycles. The van der Waals surface area contributed by atoms with Gasteiger partial charge in [-0.25, -0.2) is 0 Å². The van der Waals surface area contributed by atoms with Crippen LogP contribution in [0.15, 0.2) is 54.6 Å². The largest absolute Gasteiger partial charge is 0.326 e. The Labute approximate surface area is 166 Å². The standard InChI is InChI=1S/C21H25N3O2.ClH/c25-20(11-6-16-12-14-22-15-13-16)23-19-9-7-17(8-10-19)21(26)24-18-4-2-1-3-5-18;/h1-5,7-10,16,22H,6,11-15H2,(H,23,25)(H,24,26);1H. The number of halogens is 1. The van der Waals surface area contributed by atoms with Gasteiger partial charge in [-0.3, -0.25) is 9.59 Å². The average Bonchev–Trinajstić information content (AvgIpc) is 2.68. The number of carbonyl (C=O) groups is 2. The summed E-state index contributed by atoms with van der Waals surface area (Å²) >= 11 is 0. The Balaban J connectivity index is 0.00000261. The first-order chi connectivity index (χ1) is 12.7. The van der Waals surface area contributed by atoms with Crippen molar-refractivity contribution in [1.29, 1.82) is 0 Å². The zero-order valence-corrected chi connectivity index (χ0v) is 16.1. The maximum atomic E-state index is 12.2. The van der Waals surface area contributed by atoms with Crippen LogP contribution in [0.5, 0.6) is 0 Å². The van der Waals surface area contributed by atoms with Crippen molar-refractivity contribution in [3.63, 3.8) is 0 Å². The van der Waals surface area contributed by atoms with Crippen molar-refractivity contribution in [3.8, 4) is 0 Å². The molecular formula is C21H26ClN3O2. The Hall–Kier alpha value is -2.37. The highest BCUT2D eigenvalue weighted by molar-refractivity contribution is 6.04. The molecular weight excluding hydrogens is 362 g/mol. The van der Waals surface area contributed by atoms with Gasteiger partial charge in [0.25, 0.3) is 5.91 Å². The predicted molar refractivity (Wildman–Crippen MR) is 112 cm³/mol. The van der Waals surface area contributed by atoms with Crippen molar-refractivity contribution in [2.45, 2.75) is 25.7 Å². The molecule has 0 unspecified atom stereocenters. The monoisotopic (exact) mass is 387 g/mol. The SMILES string of the molecule is Cl.O=C(CCC1CCNCC1)Nc1ccc(C(=O)Nc2ccccc2)cc1. The Morgan fingerprint density at radius 2 is 1.52 bits per heavy atom. The minimum atomic E-state index is -0.167. The van der Waals surface area contributed by atoms with Gasteiger partial charge in [-0.2, -0.15) is 0 Å². The first-order valence-electron chi connectivity index (χ1n) is 9.18. The number of nitrogens with one attached hydrogen (secondary N) is 3. The number of para-hydroxylation sites is 1. The number of carbonyl (C=O) groups excluding carboxylic acids is 2. The van der Waals surface area contributed by atoms with Gasteiger partial charge in [0.15, 0.2) is 0 Å². The van der Waals surface area contributed by atoms with Crippen molar-refractivity contribution in [1.82, 2.24) is 5.32 Å². The van der Waals surface area contributed by atoms with Gasteiger partial charge in [0.2, 0.25) is 5.91 Å². The molecule has 0 aromatic heterocycles. The number of benzene rings is 2. The molecule has 6 heteroatoms. The maximum absolute atomic E-state index is 12.2. The molecule has 1 aliphatic rings. The molecule has 27 heavy (non-hydrogen) atoms. The quantitative estimate of drug-likeness (QED) is 0.699. The normalized spacial score (nSPS) is 14.1. The average molecular weight is 388 g/mol. The van der Waals surface area contributed by atoms with Crippen LogP contribution in [-0.4, -0.2) is 24.9 Å². The third-order valence-corrected chi connectivity index (χ3v) is 4.70. The van der Waals surface area contributed by atoms with E-state index in [1.165, 1.54) is 0 Å². The molecule has 3 N–H and O–H groups in total. The van der Waals surface area contributed by atoms with Crippen LogP contribution in [0, 0.1) is 5.92 Å². The Morgan fingerprint density at radius 1 is 0.889 bits per heavy atom. The van der Waals surface area contributed by atoms with Gasteiger partial charge in [0.05, 0.1) is 0 Å². The molecule has 0 aliphatic carbocycles. The molecule has 3 rings (SSSR count). The lowest BCUT2D eigenvalue weighted by Gasteiger charge is -2.22.